The van der Waals surface area contributed by atoms with E-state index in [1.807, 2.05) is 30.3 Å². The van der Waals surface area contributed by atoms with E-state index >= 15 is 0 Å². The van der Waals surface area contributed by atoms with Crippen LogP contribution in [0.15, 0.2) is 30.3 Å². The molecule has 1 aromatic rings. The van der Waals surface area contributed by atoms with Crippen LogP contribution in [0.2, 0.25) is 0 Å². The Bertz CT molecular complexity index is 493. The maximum absolute atomic E-state index is 12.4. The SMILES string of the molecule is CCC[CH]CCC(=O)[C@H](CCCNC(=N)N)NOCc1ccccc1. The summed E-state index contributed by atoms with van der Waals surface area (Å²) in [4.78, 5) is 18.0. The van der Waals surface area contributed by atoms with E-state index in [-0.39, 0.29) is 17.8 Å². The molecule has 0 bridgehead atoms. The molecular weight excluding hydrogens is 316 g/mol. The van der Waals surface area contributed by atoms with Gasteiger partial charge < -0.3 is 11.1 Å². The van der Waals surface area contributed by atoms with Gasteiger partial charge in [0.15, 0.2) is 11.7 Å². The van der Waals surface area contributed by atoms with Gasteiger partial charge in [0.25, 0.3) is 0 Å². The lowest BCUT2D eigenvalue weighted by Crippen LogP contribution is -2.38. The number of hydrogen-bond acceptors (Lipinski definition) is 4. The summed E-state index contributed by atoms with van der Waals surface area (Å²) in [6.45, 7) is 3.11. The Morgan fingerprint density at radius 2 is 2.08 bits per heavy atom. The zero-order valence-electron chi connectivity index (χ0n) is 15.1. The summed E-state index contributed by atoms with van der Waals surface area (Å²) in [5.74, 6) is 0.105. The van der Waals surface area contributed by atoms with Crippen molar-refractivity contribution in [2.45, 2.75) is 58.1 Å². The van der Waals surface area contributed by atoms with Gasteiger partial charge in [-0.15, -0.1) is 0 Å². The van der Waals surface area contributed by atoms with E-state index < -0.39 is 0 Å². The number of nitrogens with one attached hydrogen (secondary N) is 3. The lowest BCUT2D eigenvalue weighted by molar-refractivity contribution is -0.126. The van der Waals surface area contributed by atoms with Crippen LogP contribution in [0.3, 0.4) is 0 Å². The highest BCUT2D eigenvalue weighted by molar-refractivity contribution is 5.83. The minimum Gasteiger partial charge on any atom is -0.370 e. The van der Waals surface area contributed by atoms with E-state index in [1.54, 1.807) is 0 Å². The summed E-state index contributed by atoms with van der Waals surface area (Å²) in [5, 5.41) is 9.91. The molecule has 1 radical (unpaired) electrons. The molecule has 25 heavy (non-hydrogen) atoms. The largest absolute Gasteiger partial charge is 0.370 e. The lowest BCUT2D eigenvalue weighted by atomic mass is 10.0. The highest BCUT2D eigenvalue weighted by Crippen LogP contribution is 2.08. The minimum absolute atomic E-state index is 0.0506. The van der Waals surface area contributed by atoms with Crippen LogP contribution in [0.25, 0.3) is 0 Å². The highest BCUT2D eigenvalue weighted by Gasteiger charge is 2.17. The van der Waals surface area contributed by atoms with Crippen LogP contribution in [0.1, 0.15) is 51.0 Å². The Morgan fingerprint density at radius 1 is 1.32 bits per heavy atom. The third-order valence-corrected chi connectivity index (χ3v) is 3.77. The fourth-order valence-electron chi connectivity index (χ4n) is 2.38. The second kappa shape index (κ2) is 13.4. The molecule has 5 N–H and O–H groups in total. The standard InChI is InChI=1S/C19H31N4O2/c1-2-3-4-8-13-18(24)17(12-9-14-22-19(20)21)23-25-15-16-10-6-5-7-11-16/h4-7,10-11,17,23H,2-3,8-9,12-15H2,1H3,(H4,20,21,22)/t17-/m0/s1. The van der Waals surface area contributed by atoms with E-state index in [0.29, 0.717) is 26.0 Å². The number of rotatable bonds is 14. The average Bonchev–Trinajstić information content (AvgIpc) is 2.61. The molecule has 0 aliphatic heterocycles. The summed E-state index contributed by atoms with van der Waals surface area (Å²) in [5.41, 5.74) is 9.24. The molecule has 0 aliphatic carbocycles. The lowest BCUT2D eigenvalue weighted by Gasteiger charge is -2.18. The van der Waals surface area contributed by atoms with Crippen LogP contribution in [0.5, 0.6) is 0 Å². The number of hydrogen-bond donors (Lipinski definition) is 4. The van der Waals surface area contributed by atoms with Gasteiger partial charge in [-0.1, -0.05) is 50.1 Å². The maximum atomic E-state index is 12.4. The Balaban J connectivity index is 2.39. The second-order valence-electron chi connectivity index (χ2n) is 6.01. The third-order valence-electron chi connectivity index (χ3n) is 3.77. The van der Waals surface area contributed by atoms with Crippen LogP contribution < -0.4 is 16.5 Å². The van der Waals surface area contributed by atoms with Crippen molar-refractivity contribution in [1.29, 1.82) is 5.41 Å². The van der Waals surface area contributed by atoms with Crippen LogP contribution in [-0.4, -0.2) is 24.3 Å². The van der Waals surface area contributed by atoms with Gasteiger partial charge in [-0.25, -0.2) is 0 Å². The average molecular weight is 347 g/mol. The number of Topliss-reactive ketones (excluding diaryl/α,β-unsaturated/α-hetero) is 1. The summed E-state index contributed by atoms with van der Waals surface area (Å²) in [7, 11) is 0. The van der Waals surface area contributed by atoms with Gasteiger partial charge in [0.1, 0.15) is 0 Å². The Labute approximate surface area is 151 Å². The predicted molar refractivity (Wildman–Crippen MR) is 101 cm³/mol. The van der Waals surface area contributed by atoms with Crippen molar-refractivity contribution in [2.75, 3.05) is 6.54 Å². The molecule has 1 rings (SSSR count). The van der Waals surface area contributed by atoms with Gasteiger partial charge in [0.05, 0.1) is 12.6 Å². The predicted octanol–water partition coefficient (Wildman–Crippen LogP) is 2.69. The third kappa shape index (κ3) is 10.5. The zero-order valence-corrected chi connectivity index (χ0v) is 15.1. The molecule has 6 nitrogen and oxygen atoms in total. The van der Waals surface area contributed by atoms with Crippen molar-refractivity contribution in [3.8, 4) is 0 Å². The molecule has 6 heteroatoms. The molecule has 0 fully saturated rings. The van der Waals surface area contributed by atoms with Crippen molar-refractivity contribution in [2.24, 2.45) is 5.73 Å². The van der Waals surface area contributed by atoms with Crippen LogP contribution >= 0.6 is 0 Å². The Kier molecular flexibility index (Phi) is 11.3. The minimum atomic E-state index is -0.340. The zero-order chi connectivity index (χ0) is 18.3. The van der Waals surface area contributed by atoms with Crippen LogP contribution in [0.4, 0.5) is 0 Å². The monoisotopic (exact) mass is 347 g/mol. The van der Waals surface area contributed by atoms with Crippen LogP contribution in [-0.2, 0) is 16.2 Å². The van der Waals surface area contributed by atoms with Gasteiger partial charge in [-0.2, -0.15) is 5.48 Å². The second-order valence-corrected chi connectivity index (χ2v) is 6.01. The number of unbranched alkanes of at least 4 members (excludes halogenated alkanes) is 3. The van der Waals surface area contributed by atoms with E-state index in [9.17, 15) is 4.79 Å². The Morgan fingerprint density at radius 3 is 2.76 bits per heavy atom. The van der Waals surface area contributed by atoms with Gasteiger partial charge in [0.2, 0.25) is 0 Å². The number of carbonyl (C=O) groups is 1. The molecule has 0 unspecified atom stereocenters. The maximum Gasteiger partial charge on any atom is 0.185 e. The van der Waals surface area contributed by atoms with Gasteiger partial charge in [-0.3, -0.25) is 15.0 Å². The van der Waals surface area contributed by atoms with E-state index in [2.05, 4.69) is 24.1 Å². The first-order valence-electron chi connectivity index (χ1n) is 8.97. The summed E-state index contributed by atoms with van der Waals surface area (Å²) >= 11 is 0. The van der Waals surface area contributed by atoms with Crippen molar-refractivity contribution >= 4 is 11.7 Å². The summed E-state index contributed by atoms with van der Waals surface area (Å²) in [6.07, 6.45) is 7.00. The molecule has 0 saturated carbocycles. The smallest absolute Gasteiger partial charge is 0.185 e. The number of hydroxylamine groups is 1. The fourth-order valence-corrected chi connectivity index (χ4v) is 2.38. The summed E-state index contributed by atoms with van der Waals surface area (Å²) in [6, 6.07) is 9.49. The number of ketones is 1. The van der Waals surface area contributed by atoms with Gasteiger partial charge >= 0.3 is 0 Å². The van der Waals surface area contributed by atoms with E-state index in [1.165, 1.54) is 0 Å². The first-order chi connectivity index (χ1) is 12.1. The van der Waals surface area contributed by atoms with Gasteiger partial charge in [0, 0.05) is 13.0 Å². The number of guanidine groups is 1. The highest BCUT2D eigenvalue weighted by atomic mass is 16.6. The molecule has 139 valence electrons. The van der Waals surface area contributed by atoms with Crippen molar-refractivity contribution < 1.29 is 9.63 Å². The fraction of sp³-hybridized carbons (Fsp3) is 0.526. The Hall–Kier alpha value is -1.92. The van der Waals surface area contributed by atoms with Crippen LogP contribution in [0, 0.1) is 11.8 Å². The summed E-state index contributed by atoms with van der Waals surface area (Å²) < 4.78 is 0. The van der Waals surface area contributed by atoms with Crippen molar-refractivity contribution in [3.63, 3.8) is 0 Å². The quantitative estimate of drug-likeness (QED) is 0.179. The molecular formula is C19H31N4O2. The number of benzene rings is 1. The normalized spacial score (nSPS) is 11.9. The molecule has 0 saturated heterocycles. The molecule has 0 amide bonds. The van der Waals surface area contributed by atoms with E-state index in [0.717, 1.165) is 31.2 Å². The molecule has 0 aromatic heterocycles. The molecule has 0 heterocycles. The molecule has 1 atom stereocenters. The van der Waals surface area contributed by atoms with Crippen molar-refractivity contribution in [3.05, 3.63) is 42.3 Å². The molecule has 1 aromatic carbocycles. The number of nitrogens with two attached hydrogens (primary N) is 1. The van der Waals surface area contributed by atoms with Crippen molar-refractivity contribution in [1.82, 2.24) is 10.8 Å². The van der Waals surface area contributed by atoms with Gasteiger partial charge in [-0.05, 0) is 31.2 Å². The first-order valence-corrected chi connectivity index (χ1v) is 8.97. The van der Waals surface area contributed by atoms with E-state index in [4.69, 9.17) is 16.0 Å². The first kappa shape index (κ1) is 21.1. The number of carbonyl (C=O) groups excluding carboxylic acids is 1. The molecule has 0 aliphatic rings. The topological polar surface area (TPSA) is 100 Å². The molecule has 0 spiro atoms.